The topological polar surface area (TPSA) is 107 Å². The van der Waals surface area contributed by atoms with Crippen LogP contribution in [0.2, 0.25) is 0 Å². The minimum atomic E-state index is -0.924. The van der Waals surface area contributed by atoms with Gasteiger partial charge in [-0.1, -0.05) is 0 Å². The van der Waals surface area contributed by atoms with Gasteiger partial charge in [0, 0.05) is 17.6 Å². The zero-order valence-electron chi connectivity index (χ0n) is 12.6. The van der Waals surface area contributed by atoms with Gasteiger partial charge in [0.1, 0.15) is 11.5 Å². The highest BCUT2D eigenvalue weighted by molar-refractivity contribution is 7.98. The third-order valence-corrected chi connectivity index (χ3v) is 3.89. The zero-order chi connectivity index (χ0) is 15.8. The van der Waals surface area contributed by atoms with Crippen LogP contribution >= 0.6 is 11.8 Å². The van der Waals surface area contributed by atoms with E-state index in [0.29, 0.717) is 6.54 Å². The summed E-state index contributed by atoms with van der Waals surface area (Å²) >= 11 is 1.66. The average molecular weight is 314 g/mol. The van der Waals surface area contributed by atoms with Crippen LogP contribution in [-0.2, 0) is 12.3 Å². The SMILES string of the molecule is CNCc1oc(CSCCN=C(N)C(C)[N+](=O)[O-])cc1C. The van der Waals surface area contributed by atoms with Crippen LogP contribution in [0.4, 0.5) is 0 Å². The Morgan fingerprint density at radius 1 is 1.67 bits per heavy atom. The molecule has 0 aliphatic heterocycles. The molecular weight excluding hydrogens is 292 g/mol. The van der Waals surface area contributed by atoms with Crippen molar-refractivity contribution in [1.82, 2.24) is 5.32 Å². The van der Waals surface area contributed by atoms with Gasteiger partial charge in [0.25, 0.3) is 6.04 Å². The summed E-state index contributed by atoms with van der Waals surface area (Å²) in [6, 6.07) is 1.11. The zero-order valence-corrected chi connectivity index (χ0v) is 13.4. The fourth-order valence-corrected chi connectivity index (χ4v) is 2.36. The van der Waals surface area contributed by atoms with Crippen molar-refractivity contribution >= 4 is 17.6 Å². The largest absolute Gasteiger partial charge is 0.464 e. The van der Waals surface area contributed by atoms with Crippen LogP contribution in [0.1, 0.15) is 24.0 Å². The molecule has 118 valence electrons. The highest BCUT2D eigenvalue weighted by Crippen LogP contribution is 2.19. The van der Waals surface area contributed by atoms with Crippen LogP contribution in [0.25, 0.3) is 0 Å². The van der Waals surface area contributed by atoms with Crippen molar-refractivity contribution in [3.8, 4) is 0 Å². The summed E-state index contributed by atoms with van der Waals surface area (Å²) in [6.07, 6.45) is 0. The standard InChI is InChI=1S/C13H22N4O3S/c1-9-6-11(20-12(9)7-15-3)8-21-5-4-16-13(14)10(2)17(18)19/h6,10,15H,4-5,7-8H2,1-3H3,(H2,14,16). The second kappa shape index (κ2) is 8.68. The number of aliphatic imine (C=N–C) groups is 1. The summed E-state index contributed by atoms with van der Waals surface area (Å²) in [7, 11) is 1.88. The van der Waals surface area contributed by atoms with E-state index < -0.39 is 11.0 Å². The van der Waals surface area contributed by atoms with E-state index in [9.17, 15) is 10.1 Å². The number of amidine groups is 1. The van der Waals surface area contributed by atoms with Crippen molar-refractivity contribution < 1.29 is 9.34 Å². The molecule has 0 radical (unpaired) electrons. The van der Waals surface area contributed by atoms with Crippen LogP contribution in [0.3, 0.4) is 0 Å². The highest BCUT2D eigenvalue weighted by Gasteiger charge is 2.17. The molecule has 1 unspecified atom stereocenters. The molecule has 1 atom stereocenters. The Morgan fingerprint density at radius 2 is 2.38 bits per heavy atom. The molecule has 1 aromatic rings. The first-order chi connectivity index (χ1) is 9.95. The smallest absolute Gasteiger partial charge is 0.266 e. The van der Waals surface area contributed by atoms with E-state index in [1.165, 1.54) is 6.92 Å². The summed E-state index contributed by atoms with van der Waals surface area (Å²) in [5, 5.41) is 13.6. The van der Waals surface area contributed by atoms with Crippen molar-refractivity contribution in [3.63, 3.8) is 0 Å². The van der Waals surface area contributed by atoms with E-state index in [2.05, 4.69) is 10.3 Å². The van der Waals surface area contributed by atoms with Crippen molar-refractivity contribution in [1.29, 1.82) is 0 Å². The van der Waals surface area contributed by atoms with Crippen molar-refractivity contribution in [2.75, 3.05) is 19.3 Å². The normalized spacial score (nSPS) is 13.4. The van der Waals surface area contributed by atoms with Gasteiger partial charge >= 0.3 is 0 Å². The van der Waals surface area contributed by atoms with Crippen molar-refractivity contribution in [2.45, 2.75) is 32.2 Å². The Hall–Kier alpha value is -1.54. The van der Waals surface area contributed by atoms with Gasteiger partial charge in [0.15, 0.2) is 5.84 Å². The van der Waals surface area contributed by atoms with Crippen LogP contribution in [0.5, 0.6) is 0 Å². The van der Waals surface area contributed by atoms with Gasteiger partial charge in [-0.15, -0.1) is 0 Å². The van der Waals surface area contributed by atoms with Crippen LogP contribution in [0.15, 0.2) is 15.5 Å². The Labute approximate surface area is 128 Å². The molecule has 8 heteroatoms. The maximum absolute atomic E-state index is 10.5. The van der Waals surface area contributed by atoms with Gasteiger partial charge in [0.05, 0.1) is 18.8 Å². The molecule has 1 rings (SSSR count). The predicted molar refractivity (Wildman–Crippen MR) is 85.3 cm³/mol. The van der Waals surface area contributed by atoms with E-state index in [-0.39, 0.29) is 5.84 Å². The number of nitrogens with one attached hydrogen (secondary N) is 1. The first kappa shape index (κ1) is 17.5. The first-order valence-corrected chi connectivity index (χ1v) is 7.85. The van der Waals surface area contributed by atoms with E-state index >= 15 is 0 Å². The molecule has 21 heavy (non-hydrogen) atoms. The number of furan rings is 1. The highest BCUT2D eigenvalue weighted by atomic mass is 32.2. The first-order valence-electron chi connectivity index (χ1n) is 6.69. The van der Waals surface area contributed by atoms with E-state index in [4.69, 9.17) is 10.2 Å². The molecule has 0 aliphatic rings. The summed E-state index contributed by atoms with van der Waals surface area (Å²) in [4.78, 5) is 14.1. The third kappa shape index (κ3) is 5.76. The van der Waals surface area contributed by atoms with Gasteiger partial charge in [-0.25, -0.2) is 0 Å². The summed E-state index contributed by atoms with van der Waals surface area (Å²) in [5.41, 5.74) is 6.68. The van der Waals surface area contributed by atoms with Crippen LogP contribution in [-0.4, -0.2) is 36.1 Å². The molecule has 0 saturated heterocycles. The van der Waals surface area contributed by atoms with Crippen LogP contribution < -0.4 is 11.1 Å². The number of nitrogens with two attached hydrogens (primary N) is 1. The third-order valence-electron chi connectivity index (χ3n) is 2.93. The number of hydrogen-bond donors (Lipinski definition) is 2. The molecule has 0 amide bonds. The number of nitrogens with zero attached hydrogens (tertiary/aromatic N) is 2. The number of nitro groups is 1. The minimum absolute atomic E-state index is 0.0748. The molecular formula is C13H22N4O3S. The van der Waals surface area contributed by atoms with E-state index in [1.54, 1.807) is 11.8 Å². The summed E-state index contributed by atoms with van der Waals surface area (Å²) < 4.78 is 5.72. The maximum atomic E-state index is 10.5. The Balaban J connectivity index is 2.33. The molecule has 0 saturated carbocycles. The van der Waals surface area contributed by atoms with E-state index in [0.717, 1.165) is 35.1 Å². The molecule has 0 aliphatic carbocycles. The molecule has 0 aromatic carbocycles. The monoisotopic (exact) mass is 314 g/mol. The number of aryl methyl sites for hydroxylation is 1. The van der Waals surface area contributed by atoms with Gasteiger partial charge in [-0.05, 0) is 25.6 Å². The number of thioether (sulfide) groups is 1. The lowest BCUT2D eigenvalue weighted by Crippen LogP contribution is -2.33. The van der Waals surface area contributed by atoms with Crippen LogP contribution in [0, 0.1) is 17.0 Å². The minimum Gasteiger partial charge on any atom is -0.464 e. The average Bonchev–Trinajstić information content (AvgIpc) is 2.78. The molecule has 3 N–H and O–H groups in total. The van der Waals surface area contributed by atoms with Crippen molar-refractivity contribution in [3.05, 3.63) is 33.3 Å². The quantitative estimate of drug-likeness (QED) is 0.235. The molecule has 1 heterocycles. The summed E-state index contributed by atoms with van der Waals surface area (Å²) in [6.45, 7) is 4.64. The lowest BCUT2D eigenvalue weighted by atomic mass is 10.3. The fourth-order valence-electron chi connectivity index (χ4n) is 1.65. The molecule has 1 aromatic heterocycles. The second-order valence-electron chi connectivity index (χ2n) is 4.67. The lowest BCUT2D eigenvalue weighted by Gasteiger charge is -2.02. The summed E-state index contributed by atoms with van der Waals surface area (Å²) in [5.74, 6) is 3.45. The predicted octanol–water partition coefficient (Wildman–Crippen LogP) is 1.56. The van der Waals surface area contributed by atoms with Gasteiger partial charge in [0.2, 0.25) is 0 Å². The van der Waals surface area contributed by atoms with Crippen molar-refractivity contribution in [2.24, 2.45) is 10.7 Å². The fraction of sp³-hybridized carbons (Fsp3) is 0.615. The Morgan fingerprint density at radius 3 is 3.00 bits per heavy atom. The molecule has 7 nitrogen and oxygen atoms in total. The Kier molecular flexibility index (Phi) is 7.24. The molecule has 0 fully saturated rings. The number of rotatable bonds is 9. The molecule has 0 spiro atoms. The van der Waals surface area contributed by atoms with Gasteiger partial charge in [-0.3, -0.25) is 15.1 Å². The van der Waals surface area contributed by atoms with Gasteiger partial charge in [-0.2, -0.15) is 11.8 Å². The molecule has 0 bridgehead atoms. The lowest BCUT2D eigenvalue weighted by molar-refractivity contribution is -0.498. The van der Waals surface area contributed by atoms with E-state index in [1.807, 2.05) is 20.0 Å². The maximum Gasteiger partial charge on any atom is 0.266 e. The Bertz CT molecular complexity index is 502. The number of hydrogen-bond acceptors (Lipinski definition) is 6. The second-order valence-corrected chi connectivity index (χ2v) is 5.77. The van der Waals surface area contributed by atoms with Gasteiger partial charge < -0.3 is 15.5 Å².